The molecular weight excluding hydrogens is 414 g/mol. The minimum Gasteiger partial charge on any atom is -0.379 e. The van der Waals surface area contributed by atoms with E-state index in [9.17, 15) is 10.1 Å². The second kappa shape index (κ2) is 7.52. The summed E-state index contributed by atoms with van der Waals surface area (Å²) in [6.45, 7) is 2.19. The predicted molar refractivity (Wildman–Crippen MR) is 116 cm³/mol. The number of benzene rings is 1. The first-order valence-corrected chi connectivity index (χ1v) is 10.7. The molecule has 4 aromatic rings. The summed E-state index contributed by atoms with van der Waals surface area (Å²) < 4.78 is 6.45. The van der Waals surface area contributed by atoms with Crippen molar-refractivity contribution in [3.8, 4) is 17.6 Å². The van der Waals surface area contributed by atoms with Crippen molar-refractivity contribution in [3.63, 3.8) is 0 Å². The number of amides is 1. The fraction of sp³-hybridized carbons (Fsp3) is 0.286. The van der Waals surface area contributed by atoms with E-state index in [1.165, 1.54) is 16.2 Å². The number of nitrogens with two attached hydrogens (primary N) is 1. The van der Waals surface area contributed by atoms with Gasteiger partial charge in [0.2, 0.25) is 5.91 Å². The van der Waals surface area contributed by atoms with Crippen LogP contribution < -0.4 is 11.1 Å². The maximum Gasteiger partial charge on any atom is 0.245 e. The van der Waals surface area contributed by atoms with Crippen molar-refractivity contribution in [2.24, 2.45) is 5.92 Å². The number of carbonyl (C=O) groups is 1. The lowest BCUT2D eigenvalue weighted by atomic mass is 9.89. The van der Waals surface area contributed by atoms with E-state index in [2.05, 4.69) is 33.6 Å². The van der Waals surface area contributed by atoms with Crippen LogP contribution in [0.1, 0.15) is 29.3 Å². The average Bonchev–Trinajstić information content (AvgIpc) is 3.42. The highest BCUT2D eigenvalue weighted by Crippen LogP contribution is 2.39. The van der Waals surface area contributed by atoms with Gasteiger partial charge in [-0.05, 0) is 53.2 Å². The van der Waals surface area contributed by atoms with Crippen molar-refractivity contribution in [2.45, 2.75) is 32.7 Å². The highest BCUT2D eigenvalue weighted by atomic mass is 32.1. The van der Waals surface area contributed by atoms with Crippen LogP contribution in [0.2, 0.25) is 0 Å². The largest absolute Gasteiger partial charge is 0.379 e. The standard InChI is InChI=1S/C21H19N7O2S/c1-11-6-7-12-13(9-22)21(31-16(12)8-11)25-17(29)10-28-15-5-3-2-4-14(15)24-20(28)18-19(23)27-30-26-18/h2-5,11H,6-8,10H2,1H3,(H2,23,27)(H,25,29). The normalized spacial score (nSPS) is 15.5. The van der Waals surface area contributed by atoms with Crippen molar-refractivity contribution in [1.82, 2.24) is 19.9 Å². The number of nitrogen functional groups attached to an aromatic ring is 1. The molecule has 3 N–H and O–H groups in total. The number of fused-ring (bicyclic) bond motifs is 2. The van der Waals surface area contributed by atoms with E-state index in [1.54, 1.807) is 4.57 Å². The zero-order valence-corrected chi connectivity index (χ0v) is 17.6. The Morgan fingerprint density at radius 2 is 2.26 bits per heavy atom. The van der Waals surface area contributed by atoms with Gasteiger partial charge in [0.25, 0.3) is 0 Å². The summed E-state index contributed by atoms with van der Waals surface area (Å²) in [5, 5.41) is 20.7. The van der Waals surface area contributed by atoms with Gasteiger partial charge in [-0.3, -0.25) is 4.79 Å². The zero-order valence-electron chi connectivity index (χ0n) is 16.8. The Morgan fingerprint density at radius 1 is 1.42 bits per heavy atom. The van der Waals surface area contributed by atoms with Gasteiger partial charge in [-0.25, -0.2) is 9.61 Å². The van der Waals surface area contributed by atoms with E-state index < -0.39 is 0 Å². The Kier molecular flexibility index (Phi) is 4.67. The molecule has 0 radical (unpaired) electrons. The molecule has 0 aliphatic heterocycles. The number of para-hydroxylation sites is 2. The van der Waals surface area contributed by atoms with Crippen molar-refractivity contribution in [1.29, 1.82) is 5.26 Å². The van der Waals surface area contributed by atoms with Crippen molar-refractivity contribution in [2.75, 3.05) is 11.1 Å². The van der Waals surface area contributed by atoms with Gasteiger partial charge < -0.3 is 15.6 Å². The van der Waals surface area contributed by atoms with E-state index in [0.29, 0.717) is 27.8 Å². The number of hydrogen-bond acceptors (Lipinski definition) is 8. The summed E-state index contributed by atoms with van der Waals surface area (Å²) >= 11 is 1.50. The summed E-state index contributed by atoms with van der Waals surface area (Å²) in [7, 11) is 0. The zero-order chi connectivity index (χ0) is 21.5. The molecule has 0 saturated heterocycles. The average molecular weight is 433 g/mol. The molecule has 3 heterocycles. The van der Waals surface area contributed by atoms with E-state index in [-0.39, 0.29) is 24.0 Å². The highest BCUT2D eigenvalue weighted by Gasteiger charge is 2.26. The Labute approximate surface area is 181 Å². The molecule has 1 aliphatic rings. The highest BCUT2D eigenvalue weighted by molar-refractivity contribution is 7.16. The predicted octanol–water partition coefficient (Wildman–Crippen LogP) is 3.37. The van der Waals surface area contributed by atoms with Crippen LogP contribution in [0, 0.1) is 17.2 Å². The summed E-state index contributed by atoms with van der Waals surface area (Å²) in [6.07, 6.45) is 2.88. The molecule has 1 unspecified atom stereocenters. The van der Waals surface area contributed by atoms with Gasteiger partial charge in [0.05, 0.1) is 16.6 Å². The summed E-state index contributed by atoms with van der Waals surface area (Å²) in [5.41, 5.74) is 9.27. The van der Waals surface area contributed by atoms with Crippen molar-refractivity contribution < 1.29 is 9.42 Å². The number of thiophene rings is 1. The molecule has 9 nitrogen and oxygen atoms in total. The van der Waals surface area contributed by atoms with Gasteiger partial charge in [-0.15, -0.1) is 11.3 Å². The van der Waals surface area contributed by atoms with E-state index in [1.807, 2.05) is 24.3 Å². The molecule has 0 bridgehead atoms. The van der Waals surface area contributed by atoms with E-state index in [4.69, 9.17) is 10.4 Å². The Morgan fingerprint density at radius 3 is 3.03 bits per heavy atom. The Hall–Kier alpha value is -3.71. The van der Waals surface area contributed by atoms with Gasteiger partial charge in [0, 0.05) is 4.88 Å². The number of nitrogens with one attached hydrogen (secondary N) is 1. The third kappa shape index (κ3) is 3.33. The number of nitriles is 1. The van der Waals surface area contributed by atoms with Crippen LogP contribution in [0.3, 0.4) is 0 Å². The molecule has 10 heteroatoms. The number of hydrogen-bond donors (Lipinski definition) is 2. The number of carbonyl (C=O) groups excluding carboxylic acids is 1. The van der Waals surface area contributed by atoms with Crippen LogP contribution in [0.15, 0.2) is 28.9 Å². The van der Waals surface area contributed by atoms with Crippen LogP contribution in [0.25, 0.3) is 22.6 Å². The number of nitrogens with zero attached hydrogens (tertiary/aromatic N) is 5. The Bertz CT molecular complexity index is 1340. The van der Waals surface area contributed by atoms with Crippen molar-refractivity contribution >= 4 is 39.1 Å². The van der Waals surface area contributed by atoms with E-state index >= 15 is 0 Å². The molecule has 0 spiro atoms. The van der Waals surface area contributed by atoms with Gasteiger partial charge in [-0.2, -0.15) is 5.26 Å². The first-order valence-electron chi connectivity index (χ1n) is 9.93. The lowest BCUT2D eigenvalue weighted by molar-refractivity contribution is -0.116. The SMILES string of the molecule is CC1CCc2c(sc(NC(=O)Cn3c(-c4nonc4N)nc4ccccc43)c2C#N)C1. The summed E-state index contributed by atoms with van der Waals surface area (Å²) in [6, 6.07) is 9.73. The molecule has 0 fully saturated rings. The number of rotatable bonds is 4. The summed E-state index contributed by atoms with van der Waals surface area (Å²) in [5.74, 6) is 0.823. The fourth-order valence-corrected chi connectivity index (χ4v) is 5.41. The third-order valence-electron chi connectivity index (χ3n) is 5.56. The van der Waals surface area contributed by atoms with Gasteiger partial charge in [0.1, 0.15) is 17.6 Å². The monoisotopic (exact) mass is 433 g/mol. The first-order chi connectivity index (χ1) is 15.0. The summed E-state index contributed by atoms with van der Waals surface area (Å²) in [4.78, 5) is 18.8. The lowest BCUT2D eigenvalue weighted by Crippen LogP contribution is -2.19. The van der Waals surface area contributed by atoms with Crippen LogP contribution in [-0.2, 0) is 24.2 Å². The molecule has 1 amide bonds. The maximum absolute atomic E-state index is 13.0. The van der Waals surface area contributed by atoms with Gasteiger partial charge >= 0.3 is 0 Å². The van der Waals surface area contributed by atoms with E-state index in [0.717, 1.165) is 30.3 Å². The van der Waals surface area contributed by atoms with Gasteiger partial charge in [-0.1, -0.05) is 19.1 Å². The second-order valence-corrected chi connectivity index (χ2v) is 8.83. The first kappa shape index (κ1) is 19.3. The minimum absolute atomic E-state index is 0.0218. The minimum atomic E-state index is -0.262. The number of aromatic nitrogens is 4. The second-order valence-electron chi connectivity index (χ2n) is 7.72. The molecule has 3 aromatic heterocycles. The lowest BCUT2D eigenvalue weighted by Gasteiger charge is -2.17. The molecule has 31 heavy (non-hydrogen) atoms. The molecule has 1 atom stereocenters. The molecule has 0 saturated carbocycles. The van der Waals surface area contributed by atoms with Crippen molar-refractivity contribution in [3.05, 3.63) is 40.3 Å². The van der Waals surface area contributed by atoms with Crippen LogP contribution in [0.5, 0.6) is 0 Å². The molecule has 1 aromatic carbocycles. The third-order valence-corrected chi connectivity index (χ3v) is 6.73. The number of anilines is 2. The number of imidazole rings is 1. The Balaban J connectivity index is 1.48. The van der Waals surface area contributed by atoms with Crippen LogP contribution >= 0.6 is 11.3 Å². The fourth-order valence-electron chi connectivity index (χ4n) is 4.03. The molecule has 156 valence electrons. The quantitative estimate of drug-likeness (QED) is 0.503. The molecular formula is C21H19N7O2S. The van der Waals surface area contributed by atoms with Gasteiger partial charge in [0.15, 0.2) is 17.3 Å². The molecule has 5 rings (SSSR count). The van der Waals surface area contributed by atoms with Crippen LogP contribution in [0.4, 0.5) is 10.8 Å². The molecule has 1 aliphatic carbocycles. The maximum atomic E-state index is 13.0. The van der Waals surface area contributed by atoms with Crippen LogP contribution in [-0.4, -0.2) is 25.8 Å². The topological polar surface area (TPSA) is 136 Å². The smallest absolute Gasteiger partial charge is 0.245 e.